The van der Waals surface area contributed by atoms with E-state index >= 15 is 0 Å². The molecular weight excluding hydrogens is 350 g/mol. The van der Waals surface area contributed by atoms with Crippen LogP contribution in [0.4, 0.5) is 5.69 Å². The lowest BCUT2D eigenvalue weighted by atomic mass is 9.96. The van der Waals surface area contributed by atoms with Crippen molar-refractivity contribution >= 4 is 21.6 Å². The molecule has 1 heterocycles. The summed E-state index contributed by atoms with van der Waals surface area (Å²) in [5, 5.41) is 2.75. The standard InChI is InChI=1S/C19H23N3O3S/c1-22(17-5-3-2-4-6-17)26(24,25)18-9-7-16(8-10-18)21-19(23)15-11-13-20-14-12-15/h7-14,17H,2-6H2,1H3,(H,21,23). The zero-order valence-corrected chi connectivity index (χ0v) is 15.6. The van der Waals surface area contributed by atoms with Crippen molar-refractivity contribution in [3.8, 4) is 0 Å². The highest BCUT2D eigenvalue weighted by atomic mass is 32.2. The van der Waals surface area contributed by atoms with Crippen LogP contribution < -0.4 is 5.32 Å². The van der Waals surface area contributed by atoms with Gasteiger partial charge >= 0.3 is 0 Å². The highest BCUT2D eigenvalue weighted by Gasteiger charge is 2.28. The topological polar surface area (TPSA) is 79.4 Å². The van der Waals surface area contributed by atoms with Crippen LogP contribution in [0.25, 0.3) is 0 Å². The highest BCUT2D eigenvalue weighted by Crippen LogP contribution is 2.27. The smallest absolute Gasteiger partial charge is 0.255 e. The van der Waals surface area contributed by atoms with Crippen LogP contribution in [-0.2, 0) is 10.0 Å². The average molecular weight is 373 g/mol. The van der Waals surface area contributed by atoms with Gasteiger partial charge in [0.25, 0.3) is 5.91 Å². The number of carbonyl (C=O) groups excluding carboxylic acids is 1. The molecule has 6 nitrogen and oxygen atoms in total. The highest BCUT2D eigenvalue weighted by molar-refractivity contribution is 7.89. The average Bonchev–Trinajstić information content (AvgIpc) is 2.69. The molecule has 0 aliphatic heterocycles. The lowest BCUT2D eigenvalue weighted by molar-refractivity contribution is 0.102. The zero-order chi connectivity index (χ0) is 18.6. The minimum atomic E-state index is -3.52. The molecule has 0 radical (unpaired) electrons. The van der Waals surface area contributed by atoms with Crippen LogP contribution >= 0.6 is 0 Å². The van der Waals surface area contributed by atoms with E-state index in [0.29, 0.717) is 11.3 Å². The molecule has 1 N–H and O–H groups in total. The fourth-order valence-corrected chi connectivity index (χ4v) is 4.64. The molecule has 2 aromatic rings. The van der Waals surface area contributed by atoms with Gasteiger partial charge in [0.05, 0.1) is 4.90 Å². The first-order chi connectivity index (χ1) is 12.5. The largest absolute Gasteiger partial charge is 0.322 e. The molecule has 1 saturated carbocycles. The molecule has 1 amide bonds. The molecule has 1 aromatic heterocycles. The van der Waals surface area contributed by atoms with Gasteiger partial charge in [-0.25, -0.2) is 8.42 Å². The summed E-state index contributed by atoms with van der Waals surface area (Å²) in [5.74, 6) is -0.262. The Balaban J connectivity index is 1.71. The van der Waals surface area contributed by atoms with E-state index in [-0.39, 0.29) is 16.8 Å². The van der Waals surface area contributed by atoms with Crippen LogP contribution in [0.1, 0.15) is 42.5 Å². The number of pyridine rings is 1. The van der Waals surface area contributed by atoms with Crippen molar-refractivity contribution in [2.45, 2.75) is 43.0 Å². The summed E-state index contributed by atoms with van der Waals surface area (Å²) in [7, 11) is -1.87. The minimum Gasteiger partial charge on any atom is -0.322 e. The molecule has 3 rings (SSSR count). The maximum atomic E-state index is 12.8. The van der Waals surface area contributed by atoms with Gasteiger partial charge in [-0.1, -0.05) is 19.3 Å². The molecule has 1 aromatic carbocycles. The zero-order valence-electron chi connectivity index (χ0n) is 14.8. The SMILES string of the molecule is CN(C1CCCCC1)S(=O)(=O)c1ccc(NC(=O)c2ccncc2)cc1. The second kappa shape index (κ2) is 7.97. The van der Waals surface area contributed by atoms with Gasteiger partial charge in [-0.3, -0.25) is 9.78 Å². The third-order valence-corrected chi connectivity index (χ3v) is 6.74. The summed E-state index contributed by atoms with van der Waals surface area (Å²) in [6.45, 7) is 0. The normalized spacial score (nSPS) is 15.8. The first-order valence-corrected chi connectivity index (χ1v) is 10.2. The van der Waals surface area contributed by atoms with Crippen molar-refractivity contribution in [1.29, 1.82) is 0 Å². The minimum absolute atomic E-state index is 0.0693. The molecule has 7 heteroatoms. The number of sulfonamides is 1. The van der Waals surface area contributed by atoms with Gasteiger partial charge in [-0.15, -0.1) is 0 Å². The predicted molar refractivity (Wildman–Crippen MR) is 100 cm³/mol. The van der Waals surface area contributed by atoms with Gasteiger partial charge in [-0.2, -0.15) is 4.31 Å². The molecule has 0 saturated heterocycles. The Labute approximate surface area is 154 Å². The number of nitrogens with one attached hydrogen (secondary N) is 1. The van der Waals surface area contributed by atoms with E-state index in [4.69, 9.17) is 0 Å². The van der Waals surface area contributed by atoms with E-state index in [0.717, 1.165) is 25.7 Å². The number of hydrogen-bond donors (Lipinski definition) is 1. The van der Waals surface area contributed by atoms with Gasteiger partial charge < -0.3 is 5.32 Å². The molecule has 1 aliphatic rings. The lowest BCUT2D eigenvalue weighted by Crippen LogP contribution is -2.38. The molecule has 0 atom stereocenters. The van der Waals surface area contributed by atoms with Gasteiger partial charge in [0.15, 0.2) is 0 Å². The molecule has 138 valence electrons. The van der Waals surface area contributed by atoms with E-state index in [2.05, 4.69) is 10.3 Å². The molecular formula is C19H23N3O3S. The number of rotatable bonds is 5. The molecule has 0 bridgehead atoms. The van der Waals surface area contributed by atoms with Crippen molar-refractivity contribution in [3.63, 3.8) is 0 Å². The Morgan fingerprint density at radius 1 is 1.04 bits per heavy atom. The molecule has 0 unspecified atom stereocenters. The third kappa shape index (κ3) is 4.11. The van der Waals surface area contributed by atoms with Crippen LogP contribution in [0.15, 0.2) is 53.7 Å². The number of anilines is 1. The van der Waals surface area contributed by atoms with Gasteiger partial charge in [0.1, 0.15) is 0 Å². The van der Waals surface area contributed by atoms with Crippen molar-refractivity contribution < 1.29 is 13.2 Å². The van der Waals surface area contributed by atoms with E-state index in [1.54, 1.807) is 43.7 Å². The number of benzene rings is 1. The fraction of sp³-hybridized carbons (Fsp3) is 0.368. The quantitative estimate of drug-likeness (QED) is 0.872. The van der Waals surface area contributed by atoms with Crippen LogP contribution in [0.2, 0.25) is 0 Å². The molecule has 26 heavy (non-hydrogen) atoms. The molecule has 1 fully saturated rings. The Morgan fingerprint density at radius 3 is 2.27 bits per heavy atom. The van der Waals surface area contributed by atoms with Crippen molar-refractivity contribution in [2.24, 2.45) is 0 Å². The van der Waals surface area contributed by atoms with Gasteiger partial charge in [-0.05, 0) is 49.2 Å². The number of carbonyl (C=O) groups is 1. The summed E-state index contributed by atoms with van der Waals surface area (Å²) in [6.07, 6.45) is 8.24. The van der Waals surface area contributed by atoms with E-state index in [9.17, 15) is 13.2 Å². The monoisotopic (exact) mass is 373 g/mol. The Bertz CT molecular complexity index is 845. The number of amides is 1. The summed E-state index contributed by atoms with van der Waals surface area (Å²) >= 11 is 0. The second-order valence-electron chi connectivity index (χ2n) is 6.53. The molecule has 1 aliphatic carbocycles. The van der Waals surface area contributed by atoms with Crippen LogP contribution in [0, 0.1) is 0 Å². The summed E-state index contributed by atoms with van der Waals surface area (Å²) < 4.78 is 27.1. The summed E-state index contributed by atoms with van der Waals surface area (Å²) in [4.78, 5) is 16.3. The molecule has 0 spiro atoms. The fourth-order valence-electron chi connectivity index (χ4n) is 3.22. The Morgan fingerprint density at radius 2 is 1.65 bits per heavy atom. The van der Waals surface area contributed by atoms with Crippen molar-refractivity contribution in [3.05, 3.63) is 54.4 Å². The van der Waals surface area contributed by atoms with Crippen molar-refractivity contribution in [1.82, 2.24) is 9.29 Å². The van der Waals surface area contributed by atoms with Crippen LogP contribution in [-0.4, -0.2) is 36.7 Å². The number of aromatic nitrogens is 1. The maximum absolute atomic E-state index is 12.8. The first-order valence-electron chi connectivity index (χ1n) is 8.78. The van der Waals surface area contributed by atoms with E-state index in [1.807, 2.05) is 0 Å². The van der Waals surface area contributed by atoms with Crippen molar-refractivity contribution in [2.75, 3.05) is 12.4 Å². The first kappa shape index (κ1) is 18.5. The van der Waals surface area contributed by atoms with E-state index < -0.39 is 10.0 Å². The number of nitrogens with zero attached hydrogens (tertiary/aromatic N) is 2. The van der Waals surface area contributed by atoms with Crippen LogP contribution in [0.3, 0.4) is 0 Å². The van der Waals surface area contributed by atoms with Crippen LogP contribution in [0.5, 0.6) is 0 Å². The summed E-state index contributed by atoms with van der Waals surface area (Å²) in [5.41, 5.74) is 1.04. The Hall–Kier alpha value is -2.25. The number of hydrogen-bond acceptors (Lipinski definition) is 4. The third-order valence-electron chi connectivity index (χ3n) is 4.82. The Kier molecular flexibility index (Phi) is 5.68. The van der Waals surface area contributed by atoms with Gasteiger partial charge in [0, 0.05) is 36.7 Å². The van der Waals surface area contributed by atoms with Gasteiger partial charge in [0.2, 0.25) is 10.0 Å². The predicted octanol–water partition coefficient (Wildman–Crippen LogP) is 3.29. The van der Waals surface area contributed by atoms with E-state index in [1.165, 1.54) is 22.9 Å². The second-order valence-corrected chi connectivity index (χ2v) is 8.52. The lowest BCUT2D eigenvalue weighted by Gasteiger charge is -2.30. The maximum Gasteiger partial charge on any atom is 0.255 e. The summed E-state index contributed by atoms with van der Waals surface area (Å²) in [6, 6.07) is 9.61.